The van der Waals surface area contributed by atoms with Gasteiger partial charge in [0.05, 0.1) is 18.9 Å². The monoisotopic (exact) mass is 263 g/mol. The molecular weight excluding hydrogens is 250 g/mol. The number of rotatable bonds is 3. The molecule has 0 radical (unpaired) electrons. The first-order valence-electron chi connectivity index (χ1n) is 5.33. The van der Waals surface area contributed by atoms with E-state index in [-0.39, 0.29) is 5.56 Å². The van der Waals surface area contributed by atoms with Crippen LogP contribution < -0.4 is 4.74 Å². The van der Waals surface area contributed by atoms with E-state index < -0.39 is 5.97 Å². The van der Waals surface area contributed by atoms with Crippen LogP contribution >= 0.6 is 0 Å². The molecule has 0 saturated carbocycles. The predicted molar refractivity (Wildman–Crippen MR) is 66.6 cm³/mol. The zero-order valence-corrected chi connectivity index (χ0v) is 10.5. The van der Waals surface area contributed by atoms with E-state index in [0.29, 0.717) is 17.1 Å². The van der Waals surface area contributed by atoms with Crippen LogP contribution in [-0.2, 0) is 0 Å². The van der Waals surface area contributed by atoms with Gasteiger partial charge in [0.25, 0.3) is 0 Å². The number of benzene rings is 1. The molecule has 0 aliphatic rings. The number of carbonyl (C=O) groups is 2. The number of aromatic carboxylic acids is 1. The van der Waals surface area contributed by atoms with Crippen LogP contribution in [0.2, 0.25) is 0 Å². The minimum absolute atomic E-state index is 0.120. The average molecular weight is 263 g/mol. The number of aryl methyl sites for hydroxylation is 1. The van der Waals surface area contributed by atoms with Crippen molar-refractivity contribution in [3.05, 3.63) is 47.3 Å². The number of aldehydes is 1. The van der Waals surface area contributed by atoms with Gasteiger partial charge in [0.1, 0.15) is 17.1 Å². The van der Waals surface area contributed by atoms with Gasteiger partial charge in [-0.2, -0.15) is 0 Å². The van der Waals surface area contributed by atoms with Gasteiger partial charge in [0, 0.05) is 0 Å². The third kappa shape index (κ3) is 3.95. The van der Waals surface area contributed by atoms with Gasteiger partial charge < -0.3 is 14.4 Å². The van der Waals surface area contributed by atoms with Gasteiger partial charge in [-0.3, -0.25) is 4.79 Å². The van der Waals surface area contributed by atoms with Crippen LogP contribution in [0.3, 0.4) is 0 Å². The Balaban J connectivity index is 0.000000191. The smallest absolute Gasteiger partial charge is 0.340 e. The van der Waals surface area contributed by atoms with Crippen LogP contribution in [0.4, 0.5) is 0 Å². The Bertz CT molecular complexity index is 562. The molecule has 0 saturated heterocycles. The van der Waals surface area contributed by atoms with Crippen molar-refractivity contribution in [3.63, 3.8) is 0 Å². The molecular formula is C13H13NO5. The molecule has 0 aliphatic heterocycles. The molecule has 0 fully saturated rings. The summed E-state index contributed by atoms with van der Waals surface area (Å²) < 4.78 is 9.40. The van der Waals surface area contributed by atoms with Gasteiger partial charge in [-0.25, -0.2) is 4.79 Å². The summed E-state index contributed by atoms with van der Waals surface area (Å²) in [6, 6.07) is 7.09. The summed E-state index contributed by atoms with van der Waals surface area (Å²) in [5.74, 6) is -0.0475. The summed E-state index contributed by atoms with van der Waals surface area (Å²) in [4.78, 5) is 20.5. The number of carboxylic acid groups (broad SMARTS) is 1. The quantitative estimate of drug-likeness (QED) is 0.854. The van der Waals surface area contributed by atoms with E-state index in [4.69, 9.17) is 9.84 Å². The SMILES string of the molecule is COc1ccccc1C=O.Cc1oncc1C(=O)O. The number of aromatic nitrogens is 1. The second-order valence-electron chi connectivity index (χ2n) is 3.46. The molecule has 2 rings (SSSR count). The first-order valence-corrected chi connectivity index (χ1v) is 5.33. The van der Waals surface area contributed by atoms with Crippen molar-refractivity contribution in [2.75, 3.05) is 7.11 Å². The number of para-hydroxylation sites is 1. The number of ether oxygens (including phenoxy) is 1. The lowest BCUT2D eigenvalue weighted by Crippen LogP contribution is -1.94. The molecule has 0 amide bonds. The lowest BCUT2D eigenvalue weighted by atomic mass is 10.2. The standard InChI is InChI=1S/C8H8O2.C5H5NO3/c1-10-8-5-3-2-4-7(8)6-9;1-3-4(5(7)8)2-6-9-3/h2-6H,1H3;2H,1H3,(H,7,8). The number of carbonyl (C=O) groups excluding carboxylic acids is 1. The molecule has 1 aromatic heterocycles. The fraction of sp³-hybridized carbons (Fsp3) is 0.154. The summed E-state index contributed by atoms with van der Waals surface area (Å²) in [5, 5.41) is 11.6. The van der Waals surface area contributed by atoms with Crippen LogP contribution in [0.25, 0.3) is 0 Å². The molecule has 1 heterocycles. The normalized spacial score (nSPS) is 9.16. The Kier molecular flexibility index (Phi) is 5.28. The highest BCUT2D eigenvalue weighted by atomic mass is 16.5. The van der Waals surface area contributed by atoms with Crippen molar-refractivity contribution in [2.45, 2.75) is 6.92 Å². The van der Waals surface area contributed by atoms with Crippen molar-refractivity contribution >= 4 is 12.3 Å². The van der Waals surface area contributed by atoms with Gasteiger partial charge >= 0.3 is 5.97 Å². The van der Waals surface area contributed by atoms with E-state index in [0.717, 1.165) is 6.29 Å². The van der Waals surface area contributed by atoms with Crippen LogP contribution in [-0.4, -0.2) is 29.6 Å². The number of nitrogens with zero attached hydrogens (tertiary/aromatic N) is 1. The molecule has 0 aliphatic carbocycles. The van der Waals surface area contributed by atoms with E-state index >= 15 is 0 Å². The summed E-state index contributed by atoms with van der Waals surface area (Å²) in [6.45, 7) is 1.55. The zero-order chi connectivity index (χ0) is 14.3. The largest absolute Gasteiger partial charge is 0.496 e. The highest BCUT2D eigenvalue weighted by Crippen LogP contribution is 2.13. The molecule has 2 aromatic rings. The van der Waals surface area contributed by atoms with Gasteiger partial charge in [-0.15, -0.1) is 0 Å². The summed E-state index contributed by atoms with van der Waals surface area (Å²) in [5.41, 5.74) is 0.708. The summed E-state index contributed by atoms with van der Waals surface area (Å²) in [6.07, 6.45) is 1.95. The topological polar surface area (TPSA) is 89.6 Å². The van der Waals surface area contributed by atoms with Gasteiger partial charge in [-0.05, 0) is 19.1 Å². The summed E-state index contributed by atoms with van der Waals surface area (Å²) in [7, 11) is 1.54. The maximum absolute atomic E-state index is 10.3. The second-order valence-corrected chi connectivity index (χ2v) is 3.46. The minimum atomic E-state index is -1.01. The van der Waals surface area contributed by atoms with Gasteiger partial charge in [-0.1, -0.05) is 17.3 Å². The molecule has 0 unspecified atom stereocenters. The zero-order valence-electron chi connectivity index (χ0n) is 10.5. The number of methoxy groups -OCH3 is 1. The van der Waals surface area contributed by atoms with Crippen molar-refractivity contribution in [1.82, 2.24) is 5.16 Å². The van der Waals surface area contributed by atoms with Crippen molar-refractivity contribution in [1.29, 1.82) is 0 Å². The predicted octanol–water partition coefficient (Wildman–Crippen LogP) is 2.19. The number of hydrogen-bond acceptors (Lipinski definition) is 5. The van der Waals surface area contributed by atoms with Crippen LogP contribution in [0.5, 0.6) is 5.75 Å². The molecule has 19 heavy (non-hydrogen) atoms. The maximum Gasteiger partial charge on any atom is 0.340 e. The third-order valence-electron chi connectivity index (χ3n) is 2.25. The Morgan fingerprint density at radius 2 is 2.11 bits per heavy atom. The number of carboxylic acids is 1. The first-order chi connectivity index (χ1) is 9.10. The molecule has 1 N–H and O–H groups in total. The Labute approximate surface area is 109 Å². The van der Waals surface area contributed by atoms with Gasteiger partial charge in [0.15, 0.2) is 6.29 Å². The molecule has 0 bridgehead atoms. The summed E-state index contributed by atoms with van der Waals surface area (Å²) >= 11 is 0. The third-order valence-corrected chi connectivity index (χ3v) is 2.25. The van der Waals surface area contributed by atoms with E-state index in [9.17, 15) is 9.59 Å². The molecule has 0 spiro atoms. The lowest BCUT2D eigenvalue weighted by molar-refractivity contribution is 0.0695. The Morgan fingerprint density at radius 3 is 2.47 bits per heavy atom. The fourth-order valence-corrected chi connectivity index (χ4v) is 1.27. The second kappa shape index (κ2) is 6.95. The van der Waals surface area contributed by atoms with E-state index in [1.165, 1.54) is 6.20 Å². The molecule has 6 nitrogen and oxygen atoms in total. The lowest BCUT2D eigenvalue weighted by Gasteiger charge is -1.99. The van der Waals surface area contributed by atoms with Crippen molar-refractivity contribution < 1.29 is 24.0 Å². The fourth-order valence-electron chi connectivity index (χ4n) is 1.27. The Hall–Kier alpha value is -2.63. The van der Waals surface area contributed by atoms with E-state index in [1.807, 2.05) is 6.07 Å². The molecule has 1 aromatic carbocycles. The van der Waals surface area contributed by atoms with Crippen LogP contribution in [0.1, 0.15) is 26.5 Å². The molecule has 0 atom stereocenters. The molecule has 100 valence electrons. The van der Waals surface area contributed by atoms with Crippen LogP contribution in [0, 0.1) is 6.92 Å². The average Bonchev–Trinajstić information content (AvgIpc) is 2.85. The Morgan fingerprint density at radius 1 is 1.42 bits per heavy atom. The van der Waals surface area contributed by atoms with E-state index in [1.54, 1.807) is 32.2 Å². The minimum Gasteiger partial charge on any atom is -0.496 e. The highest BCUT2D eigenvalue weighted by Gasteiger charge is 2.09. The maximum atomic E-state index is 10.3. The first kappa shape index (κ1) is 14.4. The van der Waals surface area contributed by atoms with Gasteiger partial charge in [0.2, 0.25) is 0 Å². The molecule has 6 heteroatoms. The number of hydrogen-bond donors (Lipinski definition) is 1. The highest BCUT2D eigenvalue weighted by molar-refractivity contribution is 5.88. The van der Waals surface area contributed by atoms with Crippen LogP contribution in [0.15, 0.2) is 35.0 Å². The van der Waals surface area contributed by atoms with Crippen molar-refractivity contribution in [3.8, 4) is 5.75 Å². The van der Waals surface area contributed by atoms with Crippen molar-refractivity contribution in [2.24, 2.45) is 0 Å². The van der Waals surface area contributed by atoms with E-state index in [2.05, 4.69) is 9.68 Å².